The molecule has 0 aliphatic rings. The molecule has 0 atom stereocenters. The first-order valence-corrected chi connectivity index (χ1v) is 11.9. The van der Waals surface area contributed by atoms with E-state index >= 15 is 0 Å². The van der Waals surface area contributed by atoms with E-state index in [1.807, 2.05) is 54.6 Å². The van der Waals surface area contributed by atoms with Crippen LogP contribution in [-0.4, -0.2) is 20.4 Å². The Bertz CT molecular complexity index is 1130. The normalized spacial score (nSPS) is 11.5. The first-order chi connectivity index (χ1) is 15.3. The predicted octanol–water partition coefficient (Wildman–Crippen LogP) is 4.02. The molecule has 0 bridgehead atoms. The topological polar surface area (TPSA) is 84.5 Å². The number of amides is 1. The van der Waals surface area contributed by atoms with Gasteiger partial charge < -0.3 is 10.1 Å². The minimum atomic E-state index is -3.65. The van der Waals surface area contributed by atoms with Crippen molar-refractivity contribution in [2.75, 3.05) is 0 Å². The third-order valence-electron chi connectivity index (χ3n) is 4.65. The van der Waals surface area contributed by atoms with Crippen LogP contribution in [0.5, 0.6) is 0 Å². The molecule has 3 aromatic rings. The maximum absolute atomic E-state index is 12.5. The molecule has 7 heteroatoms. The summed E-state index contributed by atoms with van der Waals surface area (Å²) in [7, 11) is -3.65. The second-order valence-electron chi connectivity index (χ2n) is 7.78. The number of benzene rings is 3. The number of hydrogen-bond acceptors (Lipinski definition) is 4. The molecule has 0 unspecified atom stereocenters. The monoisotopic (exact) mass is 452 g/mol. The number of carbonyl (C=O) groups is 1. The Balaban J connectivity index is 1.52. The number of rotatable bonds is 10. The Kier molecular flexibility index (Phi) is 8.16. The summed E-state index contributed by atoms with van der Waals surface area (Å²) in [4.78, 5) is 12.6. The highest BCUT2D eigenvalue weighted by Gasteiger charge is 2.17. The fraction of sp³-hybridized carbons (Fsp3) is 0.240. The van der Waals surface area contributed by atoms with E-state index in [0.717, 1.165) is 16.7 Å². The first-order valence-electron chi connectivity index (χ1n) is 10.4. The smallest absolute Gasteiger partial charge is 0.251 e. The molecule has 0 spiro atoms. The summed E-state index contributed by atoms with van der Waals surface area (Å²) in [6.45, 7) is 4.89. The summed E-state index contributed by atoms with van der Waals surface area (Å²) >= 11 is 0. The predicted molar refractivity (Wildman–Crippen MR) is 124 cm³/mol. The molecular formula is C25H28N2O4S. The van der Waals surface area contributed by atoms with Crippen LogP contribution in [0.1, 0.15) is 40.9 Å². The first kappa shape index (κ1) is 23.7. The molecular weight excluding hydrogens is 424 g/mol. The molecule has 0 heterocycles. The molecule has 0 aromatic heterocycles. The van der Waals surface area contributed by atoms with Crippen molar-refractivity contribution in [1.29, 1.82) is 0 Å². The van der Waals surface area contributed by atoms with Gasteiger partial charge in [0.15, 0.2) is 0 Å². The van der Waals surface area contributed by atoms with Crippen LogP contribution >= 0.6 is 0 Å². The molecule has 3 rings (SSSR count). The van der Waals surface area contributed by atoms with Gasteiger partial charge in [0.05, 0.1) is 18.1 Å². The third-order valence-corrected chi connectivity index (χ3v) is 6.31. The highest BCUT2D eigenvalue weighted by atomic mass is 32.2. The van der Waals surface area contributed by atoms with Crippen LogP contribution in [0.4, 0.5) is 0 Å². The zero-order valence-corrected chi connectivity index (χ0v) is 19.1. The molecule has 168 valence electrons. The second kappa shape index (κ2) is 11.0. The highest BCUT2D eigenvalue weighted by molar-refractivity contribution is 7.89. The van der Waals surface area contributed by atoms with Gasteiger partial charge in [0.1, 0.15) is 0 Å². The molecule has 2 N–H and O–H groups in total. The molecule has 0 radical (unpaired) electrons. The fourth-order valence-corrected chi connectivity index (χ4v) is 4.38. The molecule has 32 heavy (non-hydrogen) atoms. The summed E-state index contributed by atoms with van der Waals surface area (Å²) < 4.78 is 32.9. The van der Waals surface area contributed by atoms with Crippen molar-refractivity contribution in [2.24, 2.45) is 0 Å². The second-order valence-corrected chi connectivity index (χ2v) is 9.50. The van der Waals surface area contributed by atoms with Gasteiger partial charge in [0.2, 0.25) is 10.0 Å². The van der Waals surface area contributed by atoms with Crippen LogP contribution < -0.4 is 10.0 Å². The lowest BCUT2D eigenvalue weighted by atomic mass is 10.1. The molecule has 0 fully saturated rings. The van der Waals surface area contributed by atoms with Crippen LogP contribution in [0.3, 0.4) is 0 Å². The van der Waals surface area contributed by atoms with E-state index in [0.29, 0.717) is 25.3 Å². The van der Waals surface area contributed by atoms with Crippen molar-refractivity contribution in [2.45, 2.75) is 44.5 Å². The number of nitrogens with one attached hydrogen (secondary N) is 2. The van der Waals surface area contributed by atoms with Gasteiger partial charge in [-0.3, -0.25) is 4.79 Å². The standard InChI is InChI=1S/C25H28N2O4S/c1-19(2)27-32(29,30)24-10-6-9-23(15-24)25(28)26-16-20-11-13-22(14-12-20)18-31-17-21-7-4-3-5-8-21/h3-15,19,27H,16-18H2,1-2H3,(H,26,28). The molecule has 0 saturated heterocycles. The van der Waals surface area contributed by atoms with Gasteiger partial charge in [0.25, 0.3) is 5.91 Å². The van der Waals surface area contributed by atoms with E-state index in [1.54, 1.807) is 26.0 Å². The minimum absolute atomic E-state index is 0.0682. The molecule has 0 aliphatic carbocycles. The lowest BCUT2D eigenvalue weighted by molar-refractivity contribution is 0.0950. The number of ether oxygens (including phenoxy) is 1. The molecule has 0 saturated carbocycles. The van der Waals surface area contributed by atoms with Crippen LogP contribution in [0.25, 0.3) is 0 Å². The van der Waals surface area contributed by atoms with Gasteiger partial charge in [-0.25, -0.2) is 13.1 Å². The lowest BCUT2D eigenvalue weighted by Gasteiger charge is -2.11. The van der Waals surface area contributed by atoms with E-state index < -0.39 is 10.0 Å². The van der Waals surface area contributed by atoms with Gasteiger partial charge in [-0.2, -0.15) is 0 Å². The summed E-state index contributed by atoms with van der Waals surface area (Å²) in [6.07, 6.45) is 0. The van der Waals surface area contributed by atoms with E-state index in [-0.39, 0.29) is 16.8 Å². The molecule has 6 nitrogen and oxygen atoms in total. The summed E-state index contributed by atoms with van der Waals surface area (Å²) in [5.74, 6) is -0.332. The van der Waals surface area contributed by atoms with Gasteiger partial charge >= 0.3 is 0 Å². The van der Waals surface area contributed by atoms with Gasteiger partial charge in [-0.15, -0.1) is 0 Å². The van der Waals surface area contributed by atoms with Gasteiger partial charge in [-0.1, -0.05) is 60.7 Å². The lowest BCUT2D eigenvalue weighted by Crippen LogP contribution is -2.30. The average molecular weight is 453 g/mol. The van der Waals surface area contributed by atoms with Crippen LogP contribution in [0, 0.1) is 0 Å². The van der Waals surface area contributed by atoms with Crippen molar-refractivity contribution in [3.8, 4) is 0 Å². The van der Waals surface area contributed by atoms with Crippen molar-refractivity contribution in [1.82, 2.24) is 10.0 Å². The van der Waals surface area contributed by atoms with Gasteiger partial charge in [0, 0.05) is 18.2 Å². The van der Waals surface area contributed by atoms with Crippen LogP contribution in [-0.2, 0) is 34.5 Å². The molecule has 3 aromatic carbocycles. The van der Waals surface area contributed by atoms with Crippen molar-refractivity contribution < 1.29 is 17.9 Å². The van der Waals surface area contributed by atoms with Crippen molar-refractivity contribution in [3.63, 3.8) is 0 Å². The quantitative estimate of drug-likeness (QED) is 0.487. The van der Waals surface area contributed by atoms with Crippen LogP contribution in [0.15, 0.2) is 83.8 Å². The Morgan fingerprint density at radius 3 is 2.12 bits per heavy atom. The largest absolute Gasteiger partial charge is 0.372 e. The molecule has 0 aliphatic heterocycles. The van der Waals surface area contributed by atoms with E-state index in [9.17, 15) is 13.2 Å². The maximum Gasteiger partial charge on any atom is 0.251 e. The summed E-state index contributed by atoms with van der Waals surface area (Å²) in [5, 5.41) is 2.83. The van der Waals surface area contributed by atoms with E-state index in [1.165, 1.54) is 12.1 Å². The number of carbonyl (C=O) groups excluding carboxylic acids is 1. The highest BCUT2D eigenvalue weighted by Crippen LogP contribution is 2.13. The zero-order chi connectivity index (χ0) is 23.0. The Morgan fingerprint density at radius 2 is 1.47 bits per heavy atom. The maximum atomic E-state index is 12.5. The SMILES string of the molecule is CC(C)NS(=O)(=O)c1cccc(C(=O)NCc2ccc(COCc3ccccc3)cc2)c1. The zero-order valence-electron chi connectivity index (χ0n) is 18.2. The van der Waals surface area contributed by atoms with Crippen molar-refractivity contribution in [3.05, 3.63) is 101 Å². The van der Waals surface area contributed by atoms with Crippen molar-refractivity contribution >= 4 is 15.9 Å². The number of hydrogen-bond donors (Lipinski definition) is 2. The Labute approximate surface area is 189 Å². The number of sulfonamides is 1. The van der Waals surface area contributed by atoms with Crippen LogP contribution in [0.2, 0.25) is 0 Å². The fourth-order valence-electron chi connectivity index (χ4n) is 3.08. The van der Waals surface area contributed by atoms with Gasteiger partial charge in [-0.05, 0) is 48.7 Å². The Morgan fingerprint density at radius 1 is 0.844 bits per heavy atom. The third kappa shape index (κ3) is 7.02. The Hall–Kier alpha value is -3.00. The average Bonchev–Trinajstić information content (AvgIpc) is 2.78. The molecule has 1 amide bonds. The summed E-state index contributed by atoms with van der Waals surface area (Å²) in [5.41, 5.74) is 3.41. The summed E-state index contributed by atoms with van der Waals surface area (Å²) in [6, 6.07) is 23.6. The van der Waals surface area contributed by atoms with E-state index in [4.69, 9.17) is 4.74 Å². The van der Waals surface area contributed by atoms with E-state index in [2.05, 4.69) is 10.0 Å². The minimum Gasteiger partial charge on any atom is -0.372 e.